The highest BCUT2D eigenvalue weighted by Crippen LogP contribution is 2.46. The van der Waals surface area contributed by atoms with Crippen LogP contribution in [0.2, 0.25) is 0 Å². The Morgan fingerprint density at radius 3 is 2.55 bits per heavy atom. The second-order valence-electron chi connectivity index (χ2n) is 8.88. The van der Waals surface area contributed by atoms with E-state index in [1.54, 1.807) is 24.3 Å². The number of hydrogen-bond donors (Lipinski definition) is 3. The topological polar surface area (TPSA) is 116 Å². The molecule has 0 unspecified atom stereocenters. The molecule has 2 aliphatic rings. The van der Waals surface area contributed by atoms with Crippen molar-refractivity contribution < 1.29 is 42.0 Å². The second-order valence-corrected chi connectivity index (χ2v) is 8.88. The fourth-order valence-corrected chi connectivity index (χ4v) is 4.62. The third kappa shape index (κ3) is 4.53. The first-order valence-corrected chi connectivity index (χ1v) is 11.7. The standard InChI is InChI=1S/C25H25F3N4O6/c1-12(33)14-7-20-21(38-11-37-20)8-17(14)31-24(34)15-10-29-32-22(25(26,27)28)9-16(30-23(15)32)13-4-5-18(35-2)19(6-13)36-3/h4-8,10,12,16,22,30,33H,9,11H2,1-3H3,(H,31,34)/t12-,16-,22+/m1/s1. The summed E-state index contributed by atoms with van der Waals surface area (Å²) in [5, 5.41) is 19.8. The number of carbonyl (C=O) groups excluding carboxylic acids is 1. The summed E-state index contributed by atoms with van der Waals surface area (Å²) in [6.07, 6.45) is -4.86. The van der Waals surface area contributed by atoms with Gasteiger partial charge in [-0.05, 0) is 30.7 Å². The number of anilines is 2. The van der Waals surface area contributed by atoms with Gasteiger partial charge in [0.25, 0.3) is 5.91 Å². The summed E-state index contributed by atoms with van der Waals surface area (Å²) in [4.78, 5) is 13.3. The highest BCUT2D eigenvalue weighted by atomic mass is 19.4. The first-order valence-electron chi connectivity index (χ1n) is 11.7. The van der Waals surface area contributed by atoms with Crippen LogP contribution in [0.25, 0.3) is 0 Å². The predicted octanol–water partition coefficient (Wildman–Crippen LogP) is 4.59. The van der Waals surface area contributed by atoms with E-state index in [9.17, 15) is 23.1 Å². The number of aliphatic hydroxyl groups excluding tert-OH is 1. The summed E-state index contributed by atoms with van der Waals surface area (Å²) >= 11 is 0. The third-order valence-corrected chi connectivity index (χ3v) is 6.54. The number of rotatable bonds is 6. The number of nitrogens with zero attached hydrogens (tertiary/aromatic N) is 2. The van der Waals surface area contributed by atoms with Crippen LogP contribution in [0.5, 0.6) is 23.0 Å². The van der Waals surface area contributed by atoms with E-state index in [1.807, 2.05) is 0 Å². The zero-order valence-electron chi connectivity index (χ0n) is 20.6. The van der Waals surface area contributed by atoms with Gasteiger partial charge in [0.05, 0.1) is 38.2 Å². The minimum atomic E-state index is -4.62. The molecule has 5 rings (SSSR count). The Morgan fingerprint density at radius 2 is 1.89 bits per heavy atom. The second kappa shape index (κ2) is 9.63. The number of methoxy groups -OCH3 is 2. The summed E-state index contributed by atoms with van der Waals surface area (Å²) in [7, 11) is 2.90. The lowest BCUT2D eigenvalue weighted by atomic mass is 9.96. The quantitative estimate of drug-likeness (QED) is 0.421. The zero-order valence-corrected chi connectivity index (χ0v) is 20.6. The molecule has 0 aliphatic carbocycles. The largest absolute Gasteiger partial charge is 0.493 e. The molecule has 0 saturated carbocycles. The van der Waals surface area contributed by atoms with Crippen molar-refractivity contribution in [2.75, 3.05) is 31.6 Å². The number of alkyl halides is 3. The van der Waals surface area contributed by atoms with Crippen molar-refractivity contribution in [2.45, 2.75) is 37.7 Å². The van der Waals surface area contributed by atoms with E-state index in [0.29, 0.717) is 34.1 Å². The van der Waals surface area contributed by atoms with Crippen LogP contribution < -0.4 is 29.6 Å². The molecule has 0 radical (unpaired) electrons. The number of aromatic nitrogens is 2. The minimum Gasteiger partial charge on any atom is -0.493 e. The van der Waals surface area contributed by atoms with Gasteiger partial charge in [0.2, 0.25) is 6.79 Å². The van der Waals surface area contributed by atoms with Gasteiger partial charge in [0.1, 0.15) is 11.4 Å². The van der Waals surface area contributed by atoms with Gasteiger partial charge in [0, 0.05) is 18.1 Å². The number of fused-ring (bicyclic) bond motifs is 2. The predicted molar refractivity (Wildman–Crippen MR) is 129 cm³/mol. The van der Waals surface area contributed by atoms with Crippen molar-refractivity contribution in [3.8, 4) is 23.0 Å². The van der Waals surface area contributed by atoms with E-state index >= 15 is 0 Å². The molecular formula is C25H25F3N4O6. The van der Waals surface area contributed by atoms with Gasteiger partial charge >= 0.3 is 6.18 Å². The molecule has 0 fully saturated rings. The number of benzene rings is 2. The van der Waals surface area contributed by atoms with E-state index < -0.39 is 30.3 Å². The molecule has 2 aromatic carbocycles. The highest BCUT2D eigenvalue weighted by molar-refractivity contribution is 6.08. The first kappa shape index (κ1) is 25.5. The van der Waals surface area contributed by atoms with Crippen LogP contribution in [0.3, 0.4) is 0 Å². The Morgan fingerprint density at radius 1 is 1.18 bits per heavy atom. The maximum absolute atomic E-state index is 14.1. The van der Waals surface area contributed by atoms with E-state index in [1.165, 1.54) is 27.2 Å². The molecule has 13 heteroatoms. The van der Waals surface area contributed by atoms with Crippen LogP contribution in [-0.4, -0.2) is 48.0 Å². The summed E-state index contributed by atoms with van der Waals surface area (Å²) in [5.74, 6) is 0.770. The zero-order chi connectivity index (χ0) is 27.2. The number of carbonyl (C=O) groups is 1. The molecule has 1 aromatic heterocycles. The Balaban J connectivity index is 1.50. The summed E-state index contributed by atoms with van der Waals surface area (Å²) in [6, 6.07) is 5.09. The molecule has 0 bridgehead atoms. The Bertz CT molecular complexity index is 1370. The molecule has 3 atom stereocenters. The number of ether oxygens (including phenoxy) is 4. The molecule has 3 N–H and O–H groups in total. The Kier molecular flexibility index (Phi) is 6.47. The van der Waals surface area contributed by atoms with Gasteiger partial charge in [-0.25, -0.2) is 4.68 Å². The van der Waals surface area contributed by atoms with Crippen molar-refractivity contribution in [2.24, 2.45) is 0 Å². The van der Waals surface area contributed by atoms with Crippen molar-refractivity contribution in [3.63, 3.8) is 0 Å². The molecule has 38 heavy (non-hydrogen) atoms. The average molecular weight is 534 g/mol. The molecule has 202 valence electrons. The van der Waals surface area contributed by atoms with Gasteiger partial charge < -0.3 is 34.7 Å². The fourth-order valence-electron chi connectivity index (χ4n) is 4.62. The smallest absolute Gasteiger partial charge is 0.410 e. The van der Waals surface area contributed by atoms with Gasteiger partial charge in [0.15, 0.2) is 29.0 Å². The van der Waals surface area contributed by atoms with E-state index in [-0.39, 0.29) is 30.3 Å². The van der Waals surface area contributed by atoms with Crippen molar-refractivity contribution in [3.05, 3.63) is 53.2 Å². The van der Waals surface area contributed by atoms with Gasteiger partial charge in [-0.1, -0.05) is 6.07 Å². The SMILES string of the molecule is COc1ccc([C@H]2C[C@@H](C(F)(F)F)n3ncc(C(=O)Nc4cc5c(cc4[C@@H](C)O)OCO5)c3N2)cc1OC. The average Bonchev–Trinajstić information content (AvgIpc) is 3.53. The molecule has 2 aliphatic heterocycles. The van der Waals surface area contributed by atoms with Gasteiger partial charge in [-0.2, -0.15) is 18.3 Å². The van der Waals surface area contributed by atoms with Crippen LogP contribution in [0, 0.1) is 0 Å². The van der Waals surface area contributed by atoms with E-state index in [0.717, 1.165) is 10.9 Å². The van der Waals surface area contributed by atoms with Crippen molar-refractivity contribution >= 4 is 17.4 Å². The van der Waals surface area contributed by atoms with Crippen molar-refractivity contribution in [1.82, 2.24) is 9.78 Å². The first-order chi connectivity index (χ1) is 18.1. The van der Waals surface area contributed by atoms with Crippen LogP contribution in [-0.2, 0) is 0 Å². The molecule has 0 saturated heterocycles. The molecular weight excluding hydrogens is 509 g/mol. The lowest BCUT2D eigenvalue weighted by Crippen LogP contribution is -2.36. The van der Waals surface area contributed by atoms with Crippen LogP contribution in [0.1, 0.15) is 53.0 Å². The maximum atomic E-state index is 14.1. The van der Waals surface area contributed by atoms with Crippen LogP contribution in [0.4, 0.5) is 24.7 Å². The lowest BCUT2D eigenvalue weighted by molar-refractivity contribution is -0.173. The minimum absolute atomic E-state index is 0.0107. The van der Waals surface area contributed by atoms with E-state index in [4.69, 9.17) is 18.9 Å². The summed E-state index contributed by atoms with van der Waals surface area (Å²) < 4.78 is 64.3. The highest BCUT2D eigenvalue weighted by Gasteiger charge is 2.47. The van der Waals surface area contributed by atoms with Gasteiger partial charge in [-0.15, -0.1) is 0 Å². The van der Waals surface area contributed by atoms with E-state index in [2.05, 4.69) is 15.7 Å². The molecule has 3 aromatic rings. The number of halogens is 3. The monoisotopic (exact) mass is 534 g/mol. The molecule has 0 spiro atoms. The maximum Gasteiger partial charge on any atom is 0.410 e. The summed E-state index contributed by atoms with van der Waals surface area (Å²) in [6.45, 7) is 1.50. The summed E-state index contributed by atoms with van der Waals surface area (Å²) in [5.41, 5.74) is 1.00. The molecule has 10 nitrogen and oxygen atoms in total. The number of aliphatic hydroxyl groups is 1. The number of nitrogens with one attached hydrogen (secondary N) is 2. The lowest BCUT2D eigenvalue weighted by Gasteiger charge is -2.34. The van der Waals surface area contributed by atoms with Crippen molar-refractivity contribution in [1.29, 1.82) is 0 Å². The fraction of sp³-hybridized carbons (Fsp3) is 0.360. The Labute approximate surface area is 215 Å². The van der Waals surface area contributed by atoms with Gasteiger partial charge in [-0.3, -0.25) is 4.79 Å². The van der Waals surface area contributed by atoms with Crippen LogP contribution >= 0.6 is 0 Å². The molecule has 3 heterocycles. The normalized spacial score (nSPS) is 18.8. The van der Waals surface area contributed by atoms with Crippen LogP contribution in [0.15, 0.2) is 36.5 Å². The Hall–Kier alpha value is -4.13. The number of amides is 1. The third-order valence-electron chi connectivity index (χ3n) is 6.54. The number of hydrogen-bond acceptors (Lipinski definition) is 8. The molecule has 1 amide bonds.